The number of sulfonamides is 1. The van der Waals surface area contributed by atoms with Crippen molar-refractivity contribution < 1.29 is 22.4 Å². The second-order valence-corrected chi connectivity index (χ2v) is 8.42. The van der Waals surface area contributed by atoms with Crippen LogP contribution in [0, 0.1) is 0 Å². The maximum atomic E-state index is 12.6. The number of nitrogens with one attached hydrogen (secondary N) is 2. The number of piperidine rings is 1. The lowest BCUT2D eigenvalue weighted by atomic mass is 10.1. The van der Waals surface area contributed by atoms with Crippen LogP contribution in [-0.4, -0.2) is 50.3 Å². The highest BCUT2D eigenvalue weighted by molar-refractivity contribution is 7.89. The molecule has 1 saturated heterocycles. The standard InChI is InChI=1S/C19H23N3O5S/c1-14(20-18(23)17-8-5-13-27-17)19(24)22-11-9-15(10-12-22)21-28(25,26)16-6-3-2-4-7-16/h2-8,13-15,21H,9-12H2,1H3,(H,20,23)/t14-/m1/s1. The molecule has 1 aromatic carbocycles. The zero-order chi connectivity index (χ0) is 20.1. The van der Waals surface area contributed by atoms with Crippen LogP contribution in [0.4, 0.5) is 0 Å². The van der Waals surface area contributed by atoms with E-state index in [0.29, 0.717) is 25.9 Å². The Morgan fingerprint density at radius 2 is 1.79 bits per heavy atom. The van der Waals surface area contributed by atoms with Crippen molar-refractivity contribution in [2.45, 2.75) is 36.7 Å². The minimum Gasteiger partial charge on any atom is -0.459 e. The molecule has 1 aliphatic heterocycles. The summed E-state index contributed by atoms with van der Waals surface area (Å²) in [4.78, 5) is 26.4. The minimum absolute atomic E-state index is 0.147. The molecule has 1 atom stereocenters. The van der Waals surface area contributed by atoms with E-state index in [1.807, 2.05) is 0 Å². The first-order chi connectivity index (χ1) is 13.4. The Balaban J connectivity index is 1.50. The molecule has 0 radical (unpaired) electrons. The van der Waals surface area contributed by atoms with Gasteiger partial charge in [0.1, 0.15) is 6.04 Å². The molecule has 0 saturated carbocycles. The predicted octanol–water partition coefficient (Wildman–Crippen LogP) is 1.37. The molecule has 1 fully saturated rings. The van der Waals surface area contributed by atoms with Crippen LogP contribution in [0.25, 0.3) is 0 Å². The maximum Gasteiger partial charge on any atom is 0.287 e. The van der Waals surface area contributed by atoms with Crippen molar-refractivity contribution >= 4 is 21.8 Å². The third-order valence-electron chi connectivity index (χ3n) is 4.64. The van der Waals surface area contributed by atoms with E-state index in [1.165, 1.54) is 12.3 Å². The van der Waals surface area contributed by atoms with Gasteiger partial charge in [-0.25, -0.2) is 13.1 Å². The largest absolute Gasteiger partial charge is 0.459 e. The van der Waals surface area contributed by atoms with Gasteiger partial charge >= 0.3 is 0 Å². The van der Waals surface area contributed by atoms with Crippen molar-refractivity contribution in [2.24, 2.45) is 0 Å². The summed E-state index contributed by atoms with van der Waals surface area (Å²) in [5, 5.41) is 2.61. The number of carbonyl (C=O) groups excluding carboxylic acids is 2. The Morgan fingerprint density at radius 3 is 2.39 bits per heavy atom. The summed E-state index contributed by atoms with van der Waals surface area (Å²) < 4.78 is 32.5. The molecule has 150 valence electrons. The van der Waals surface area contributed by atoms with Gasteiger partial charge in [0, 0.05) is 19.1 Å². The van der Waals surface area contributed by atoms with Gasteiger partial charge in [-0.15, -0.1) is 0 Å². The van der Waals surface area contributed by atoms with Gasteiger partial charge in [0.05, 0.1) is 11.2 Å². The van der Waals surface area contributed by atoms with E-state index < -0.39 is 22.0 Å². The SMILES string of the molecule is C[C@@H](NC(=O)c1ccco1)C(=O)N1CCC(NS(=O)(=O)c2ccccc2)CC1. The molecular formula is C19H23N3O5S. The van der Waals surface area contributed by atoms with Crippen molar-refractivity contribution in [3.8, 4) is 0 Å². The van der Waals surface area contributed by atoms with E-state index in [0.717, 1.165) is 0 Å². The second kappa shape index (κ2) is 8.57. The Labute approximate surface area is 164 Å². The van der Waals surface area contributed by atoms with Crippen molar-refractivity contribution in [3.05, 3.63) is 54.5 Å². The topological polar surface area (TPSA) is 109 Å². The molecule has 0 unspecified atom stereocenters. The normalized spacial score (nSPS) is 16.5. The summed E-state index contributed by atoms with van der Waals surface area (Å²) >= 11 is 0. The molecular weight excluding hydrogens is 382 g/mol. The predicted molar refractivity (Wildman–Crippen MR) is 102 cm³/mol. The smallest absolute Gasteiger partial charge is 0.287 e. The van der Waals surface area contributed by atoms with Crippen LogP contribution in [0.2, 0.25) is 0 Å². The van der Waals surface area contributed by atoms with Crippen molar-refractivity contribution in [1.82, 2.24) is 14.9 Å². The van der Waals surface area contributed by atoms with Gasteiger partial charge < -0.3 is 14.6 Å². The number of rotatable bonds is 6. The molecule has 0 bridgehead atoms. The highest BCUT2D eigenvalue weighted by atomic mass is 32.2. The van der Waals surface area contributed by atoms with E-state index in [2.05, 4.69) is 10.0 Å². The lowest BCUT2D eigenvalue weighted by Gasteiger charge is -2.33. The fraction of sp³-hybridized carbons (Fsp3) is 0.368. The fourth-order valence-electron chi connectivity index (χ4n) is 3.12. The second-order valence-electron chi connectivity index (χ2n) is 6.71. The van der Waals surface area contributed by atoms with Gasteiger partial charge in [0.15, 0.2) is 5.76 Å². The van der Waals surface area contributed by atoms with E-state index in [-0.39, 0.29) is 22.6 Å². The monoisotopic (exact) mass is 405 g/mol. The van der Waals surface area contributed by atoms with Crippen molar-refractivity contribution in [1.29, 1.82) is 0 Å². The Hall–Kier alpha value is -2.65. The van der Waals surface area contributed by atoms with Gasteiger partial charge in [-0.05, 0) is 44.0 Å². The zero-order valence-electron chi connectivity index (χ0n) is 15.5. The molecule has 8 nitrogen and oxygen atoms in total. The molecule has 1 aromatic heterocycles. The molecule has 2 amide bonds. The highest BCUT2D eigenvalue weighted by Gasteiger charge is 2.29. The van der Waals surface area contributed by atoms with Crippen LogP contribution in [0.15, 0.2) is 58.0 Å². The summed E-state index contributed by atoms with van der Waals surface area (Å²) in [5.74, 6) is -0.505. The van der Waals surface area contributed by atoms with Crippen LogP contribution in [0.1, 0.15) is 30.3 Å². The number of furan rings is 1. The lowest BCUT2D eigenvalue weighted by Crippen LogP contribution is -2.52. The first kappa shape index (κ1) is 20.1. The van der Waals surface area contributed by atoms with Crippen LogP contribution in [0.5, 0.6) is 0 Å². The van der Waals surface area contributed by atoms with Crippen LogP contribution in [0.3, 0.4) is 0 Å². The van der Waals surface area contributed by atoms with Gasteiger partial charge in [0.2, 0.25) is 15.9 Å². The average molecular weight is 405 g/mol. The number of amides is 2. The van der Waals surface area contributed by atoms with Crippen LogP contribution >= 0.6 is 0 Å². The summed E-state index contributed by atoms with van der Waals surface area (Å²) in [5.41, 5.74) is 0. The maximum absolute atomic E-state index is 12.6. The third kappa shape index (κ3) is 4.79. The molecule has 3 rings (SSSR count). The van der Waals surface area contributed by atoms with Gasteiger partial charge in [-0.2, -0.15) is 0 Å². The average Bonchev–Trinajstić information content (AvgIpc) is 3.23. The molecule has 2 heterocycles. The molecule has 1 aliphatic rings. The number of hydrogen-bond donors (Lipinski definition) is 2. The van der Waals surface area contributed by atoms with E-state index in [1.54, 1.807) is 48.2 Å². The number of likely N-dealkylation sites (tertiary alicyclic amines) is 1. The van der Waals surface area contributed by atoms with Gasteiger partial charge in [0.25, 0.3) is 5.91 Å². The molecule has 2 aromatic rings. The number of benzene rings is 1. The Bertz CT molecular complexity index is 904. The number of carbonyl (C=O) groups is 2. The first-order valence-corrected chi connectivity index (χ1v) is 10.6. The van der Waals surface area contributed by atoms with E-state index in [4.69, 9.17) is 4.42 Å². The summed E-state index contributed by atoms with van der Waals surface area (Å²) in [6.07, 6.45) is 2.41. The van der Waals surface area contributed by atoms with Crippen LogP contribution in [-0.2, 0) is 14.8 Å². The van der Waals surface area contributed by atoms with Crippen molar-refractivity contribution in [3.63, 3.8) is 0 Å². The van der Waals surface area contributed by atoms with E-state index >= 15 is 0 Å². The minimum atomic E-state index is -3.58. The molecule has 9 heteroatoms. The number of hydrogen-bond acceptors (Lipinski definition) is 5. The summed E-state index contributed by atoms with van der Waals surface area (Å²) in [6.45, 7) is 2.46. The lowest BCUT2D eigenvalue weighted by molar-refractivity contribution is -0.133. The Morgan fingerprint density at radius 1 is 1.11 bits per heavy atom. The molecule has 2 N–H and O–H groups in total. The zero-order valence-corrected chi connectivity index (χ0v) is 16.3. The van der Waals surface area contributed by atoms with Crippen molar-refractivity contribution in [2.75, 3.05) is 13.1 Å². The quantitative estimate of drug-likeness (QED) is 0.754. The Kier molecular flexibility index (Phi) is 6.15. The highest BCUT2D eigenvalue weighted by Crippen LogP contribution is 2.16. The first-order valence-electron chi connectivity index (χ1n) is 9.07. The molecule has 28 heavy (non-hydrogen) atoms. The summed E-state index contributed by atoms with van der Waals surface area (Å²) in [7, 11) is -3.58. The van der Waals surface area contributed by atoms with Gasteiger partial charge in [-0.1, -0.05) is 18.2 Å². The van der Waals surface area contributed by atoms with Crippen LogP contribution < -0.4 is 10.0 Å². The third-order valence-corrected chi connectivity index (χ3v) is 6.18. The van der Waals surface area contributed by atoms with E-state index in [9.17, 15) is 18.0 Å². The number of nitrogens with zero attached hydrogens (tertiary/aromatic N) is 1. The fourth-order valence-corrected chi connectivity index (χ4v) is 4.44. The molecule has 0 spiro atoms. The molecule has 0 aliphatic carbocycles. The summed E-state index contributed by atoms with van der Waals surface area (Å²) in [6, 6.07) is 10.4. The van der Waals surface area contributed by atoms with Gasteiger partial charge in [-0.3, -0.25) is 9.59 Å².